The molecule has 2 N–H and O–H groups in total. The van der Waals surface area contributed by atoms with Crippen molar-refractivity contribution in [3.63, 3.8) is 0 Å². The van der Waals surface area contributed by atoms with E-state index in [1.807, 2.05) is 30.3 Å². The Morgan fingerprint density at radius 1 is 1.29 bits per heavy atom. The Morgan fingerprint density at radius 3 is 2.67 bits per heavy atom. The number of likely N-dealkylation sites (N-methyl/N-ethyl adjacent to an activating group) is 1. The van der Waals surface area contributed by atoms with Crippen molar-refractivity contribution in [1.29, 1.82) is 0 Å². The third kappa shape index (κ3) is 3.90. The van der Waals surface area contributed by atoms with Crippen LogP contribution in [0.1, 0.15) is 5.56 Å². The van der Waals surface area contributed by atoms with Crippen LogP contribution in [0, 0.1) is 0 Å². The molecule has 0 unspecified atom stereocenters. The molecule has 0 bridgehead atoms. The maximum atomic E-state index is 12.4. The molecule has 114 valence electrons. The molecular weight excluding hydrogens is 288 g/mol. The lowest BCUT2D eigenvalue weighted by Crippen LogP contribution is -2.28. The fraction of sp³-hybridized carbons (Fsp3) is 0.357. The predicted molar refractivity (Wildman–Crippen MR) is 81.2 cm³/mol. The summed E-state index contributed by atoms with van der Waals surface area (Å²) in [6, 6.07) is 9.80. The van der Waals surface area contributed by atoms with Crippen molar-refractivity contribution in [3.8, 4) is 0 Å². The monoisotopic (exact) mass is 308 g/mol. The van der Waals surface area contributed by atoms with Gasteiger partial charge in [-0.15, -0.1) is 0 Å². The van der Waals surface area contributed by atoms with Crippen LogP contribution >= 0.6 is 0 Å². The van der Waals surface area contributed by atoms with E-state index in [9.17, 15) is 8.42 Å². The third-order valence-corrected chi connectivity index (χ3v) is 5.04. The van der Waals surface area contributed by atoms with Crippen molar-refractivity contribution < 1.29 is 8.42 Å². The van der Waals surface area contributed by atoms with Gasteiger partial charge in [-0.25, -0.2) is 12.7 Å². The topological polar surface area (TPSA) is 81.2 Å². The molecule has 0 aliphatic heterocycles. The Balaban J connectivity index is 2.04. The van der Waals surface area contributed by atoms with Crippen molar-refractivity contribution in [2.24, 2.45) is 5.73 Å². The van der Waals surface area contributed by atoms with Crippen LogP contribution in [0.5, 0.6) is 0 Å². The first-order valence-corrected chi connectivity index (χ1v) is 8.21. The first-order chi connectivity index (χ1) is 10.0. The fourth-order valence-electron chi connectivity index (χ4n) is 1.96. The molecule has 0 saturated heterocycles. The van der Waals surface area contributed by atoms with Crippen LogP contribution in [0.3, 0.4) is 0 Å². The average molecular weight is 308 g/mol. The minimum atomic E-state index is -3.50. The van der Waals surface area contributed by atoms with E-state index in [1.54, 1.807) is 7.05 Å². The van der Waals surface area contributed by atoms with Gasteiger partial charge in [-0.1, -0.05) is 30.3 Å². The molecular formula is C14H20N4O2S. The molecule has 0 aliphatic carbocycles. The summed E-state index contributed by atoms with van der Waals surface area (Å²) in [5, 5.41) is 4.00. The van der Waals surface area contributed by atoms with E-state index in [1.165, 1.54) is 21.4 Å². The number of hydrogen-bond acceptors (Lipinski definition) is 4. The van der Waals surface area contributed by atoms with Gasteiger partial charge in [-0.3, -0.25) is 4.68 Å². The molecule has 0 fully saturated rings. The van der Waals surface area contributed by atoms with Gasteiger partial charge in [0.25, 0.3) is 0 Å². The lowest BCUT2D eigenvalue weighted by atomic mass is 10.2. The van der Waals surface area contributed by atoms with E-state index in [4.69, 9.17) is 5.73 Å². The maximum Gasteiger partial charge on any atom is 0.245 e. The number of benzene rings is 1. The molecule has 0 saturated carbocycles. The number of nitrogens with zero attached hydrogens (tertiary/aromatic N) is 3. The predicted octanol–water partition coefficient (Wildman–Crippen LogP) is 0.705. The number of aromatic nitrogens is 2. The summed E-state index contributed by atoms with van der Waals surface area (Å²) < 4.78 is 27.7. The summed E-state index contributed by atoms with van der Waals surface area (Å²) >= 11 is 0. The largest absolute Gasteiger partial charge is 0.329 e. The van der Waals surface area contributed by atoms with Crippen LogP contribution in [0.2, 0.25) is 0 Å². The van der Waals surface area contributed by atoms with Gasteiger partial charge >= 0.3 is 0 Å². The van der Waals surface area contributed by atoms with Gasteiger partial charge in [0.15, 0.2) is 0 Å². The summed E-state index contributed by atoms with van der Waals surface area (Å²) in [5.74, 6) is 0. The molecule has 2 rings (SSSR count). The number of nitrogens with two attached hydrogens (primary N) is 1. The fourth-order valence-corrected chi connectivity index (χ4v) is 3.09. The molecule has 1 aromatic heterocycles. The molecule has 2 aromatic rings. The molecule has 6 nitrogen and oxygen atoms in total. The van der Waals surface area contributed by atoms with Gasteiger partial charge in [0.1, 0.15) is 4.90 Å². The van der Waals surface area contributed by atoms with Crippen LogP contribution in [0.4, 0.5) is 0 Å². The summed E-state index contributed by atoms with van der Waals surface area (Å²) in [5.41, 5.74) is 6.54. The summed E-state index contributed by atoms with van der Waals surface area (Å²) in [6.07, 6.45) is 3.55. The third-order valence-electron chi connectivity index (χ3n) is 3.23. The van der Waals surface area contributed by atoms with Crippen molar-refractivity contribution in [3.05, 3.63) is 48.3 Å². The second-order valence-corrected chi connectivity index (χ2v) is 6.83. The smallest absolute Gasteiger partial charge is 0.245 e. The Hall–Kier alpha value is -1.70. The zero-order chi connectivity index (χ0) is 15.3. The molecule has 0 amide bonds. The van der Waals surface area contributed by atoms with Crippen molar-refractivity contribution in [1.82, 2.24) is 14.1 Å². The molecule has 0 spiro atoms. The standard InChI is InChI=1S/C14H20N4O2S/c1-17(9-7-13-5-3-2-4-6-13)21(19,20)14-11-16-18(12-14)10-8-15/h2-6,11-12H,7-10,15H2,1H3. The zero-order valence-corrected chi connectivity index (χ0v) is 12.8. The van der Waals surface area contributed by atoms with Crippen molar-refractivity contribution >= 4 is 10.0 Å². The van der Waals surface area contributed by atoms with E-state index in [0.29, 0.717) is 26.1 Å². The van der Waals surface area contributed by atoms with Crippen LogP contribution in [-0.2, 0) is 23.0 Å². The van der Waals surface area contributed by atoms with Gasteiger partial charge in [-0.05, 0) is 12.0 Å². The SMILES string of the molecule is CN(CCc1ccccc1)S(=O)(=O)c1cnn(CCN)c1. The van der Waals surface area contributed by atoms with Crippen molar-refractivity contribution in [2.45, 2.75) is 17.9 Å². The molecule has 21 heavy (non-hydrogen) atoms. The summed E-state index contributed by atoms with van der Waals surface area (Å²) in [7, 11) is -1.92. The first kappa shape index (κ1) is 15.7. The van der Waals surface area contributed by atoms with E-state index >= 15 is 0 Å². The molecule has 1 aromatic carbocycles. The van der Waals surface area contributed by atoms with Gasteiger partial charge in [-0.2, -0.15) is 5.10 Å². The molecule has 0 aliphatic rings. The van der Waals surface area contributed by atoms with Crippen LogP contribution in [0.15, 0.2) is 47.6 Å². The van der Waals surface area contributed by atoms with Crippen molar-refractivity contribution in [2.75, 3.05) is 20.1 Å². The molecule has 0 radical (unpaired) electrons. The first-order valence-electron chi connectivity index (χ1n) is 6.77. The highest BCUT2D eigenvalue weighted by atomic mass is 32.2. The van der Waals surface area contributed by atoms with Crippen LogP contribution in [0.25, 0.3) is 0 Å². The molecule has 1 heterocycles. The number of hydrogen-bond donors (Lipinski definition) is 1. The highest BCUT2D eigenvalue weighted by Gasteiger charge is 2.22. The lowest BCUT2D eigenvalue weighted by molar-refractivity contribution is 0.472. The summed E-state index contributed by atoms with van der Waals surface area (Å²) in [4.78, 5) is 0.200. The van der Waals surface area contributed by atoms with Gasteiger partial charge in [0, 0.05) is 26.3 Å². The quantitative estimate of drug-likeness (QED) is 0.816. The van der Waals surface area contributed by atoms with E-state index in [-0.39, 0.29) is 4.90 Å². The second-order valence-electron chi connectivity index (χ2n) is 4.79. The van der Waals surface area contributed by atoms with Gasteiger partial charge < -0.3 is 5.73 Å². The minimum Gasteiger partial charge on any atom is -0.329 e. The minimum absolute atomic E-state index is 0.200. The molecule has 7 heteroatoms. The average Bonchev–Trinajstić information content (AvgIpc) is 2.95. The molecule has 0 atom stereocenters. The number of sulfonamides is 1. The normalized spacial score (nSPS) is 12.0. The highest BCUT2D eigenvalue weighted by molar-refractivity contribution is 7.89. The number of rotatable bonds is 7. The van der Waals surface area contributed by atoms with Gasteiger partial charge in [0.05, 0.1) is 12.7 Å². The Bertz CT molecular complexity index is 667. The Kier molecular flexibility index (Phi) is 5.11. The van der Waals surface area contributed by atoms with E-state index < -0.39 is 10.0 Å². The van der Waals surface area contributed by atoms with Crippen LogP contribution < -0.4 is 5.73 Å². The zero-order valence-electron chi connectivity index (χ0n) is 12.0. The Labute approximate surface area is 125 Å². The summed E-state index contributed by atoms with van der Waals surface area (Å²) in [6.45, 7) is 1.35. The lowest BCUT2D eigenvalue weighted by Gasteiger charge is -2.15. The van der Waals surface area contributed by atoms with Gasteiger partial charge in [0.2, 0.25) is 10.0 Å². The maximum absolute atomic E-state index is 12.4. The van der Waals surface area contributed by atoms with Crippen LogP contribution in [-0.4, -0.2) is 42.6 Å². The second kappa shape index (κ2) is 6.84. The van der Waals surface area contributed by atoms with E-state index in [0.717, 1.165) is 5.56 Å². The Morgan fingerprint density at radius 2 is 2.00 bits per heavy atom. The van der Waals surface area contributed by atoms with E-state index in [2.05, 4.69) is 5.10 Å². The highest BCUT2D eigenvalue weighted by Crippen LogP contribution is 2.14.